The number of para-hydroxylation sites is 1. The van der Waals surface area contributed by atoms with Crippen LogP contribution in [-0.2, 0) is 0 Å². The minimum atomic E-state index is -2.49. The van der Waals surface area contributed by atoms with Crippen LogP contribution in [0.2, 0.25) is 0 Å². The Hall–Kier alpha value is -6.08. The highest BCUT2D eigenvalue weighted by Gasteiger charge is 2.17. The van der Waals surface area contributed by atoms with Crippen molar-refractivity contribution in [1.82, 2.24) is 0 Å². The van der Waals surface area contributed by atoms with Gasteiger partial charge in [-0.2, -0.15) is 0 Å². The van der Waals surface area contributed by atoms with Crippen molar-refractivity contribution >= 4 is 101 Å². The van der Waals surface area contributed by atoms with Crippen molar-refractivity contribution in [2.75, 3.05) is 0 Å². The van der Waals surface area contributed by atoms with Gasteiger partial charge in [-0.15, -0.1) is 11.3 Å². The number of aliphatic imine (C=N–C) groups is 1. The Labute approximate surface area is 336 Å². The summed E-state index contributed by atoms with van der Waals surface area (Å²) >= 11 is -0.630. The maximum absolute atomic E-state index is 6.43. The fourth-order valence-corrected chi connectivity index (χ4v) is 12.6. The third-order valence-electron chi connectivity index (χ3n) is 10.6. The molecule has 0 aliphatic rings. The Kier molecular flexibility index (Phi) is 8.73. The van der Waals surface area contributed by atoms with Crippen LogP contribution in [0.3, 0.4) is 0 Å². The second-order valence-corrected chi connectivity index (χ2v) is 19.4. The molecule has 10 rings (SSSR count). The number of hydrogen-bond donors (Lipinski definition) is 0. The minimum Gasteiger partial charge on any atom is -0.456 e. The van der Waals surface area contributed by atoms with Crippen molar-refractivity contribution in [2.45, 2.75) is 6.92 Å². The standard InChI is InChI=1S/C52H36INOS/c1-33(39-19-9-10-20-40(39)35-16-5-4-6-17-35)53(3)52(37-28-29-44-43-22-11-13-26-48(43)55-49(44)32-37)54-34(2)47-31-38(30-36-18-7-8-21-41(36)47)42-24-15-25-46-45-23-12-14-27-50(45)56-51(42)46/h4-32H,1,3H2,2H3. The molecule has 0 N–H and O–H groups in total. The van der Waals surface area contributed by atoms with Crippen LogP contribution in [0.4, 0.5) is 0 Å². The summed E-state index contributed by atoms with van der Waals surface area (Å²) in [6.07, 6.45) is 0. The van der Waals surface area contributed by atoms with Crippen LogP contribution in [0, 0.1) is 0 Å². The lowest BCUT2D eigenvalue weighted by Gasteiger charge is -2.15. The second-order valence-electron chi connectivity index (χ2n) is 14.0. The number of halogens is 1. The first-order valence-corrected chi connectivity index (χ1v) is 23.1. The van der Waals surface area contributed by atoms with Crippen molar-refractivity contribution in [3.8, 4) is 22.3 Å². The van der Waals surface area contributed by atoms with Gasteiger partial charge in [0.2, 0.25) is 0 Å². The molecule has 2 nitrogen and oxygen atoms in total. The highest BCUT2D eigenvalue weighted by Crippen LogP contribution is 2.43. The quantitative estimate of drug-likeness (QED) is 0.116. The number of thiophene rings is 1. The van der Waals surface area contributed by atoms with Gasteiger partial charge in [-0.25, -0.2) is 4.99 Å². The van der Waals surface area contributed by atoms with Gasteiger partial charge in [-0.1, -0.05) is 169 Å². The van der Waals surface area contributed by atoms with Crippen LogP contribution < -0.4 is 0 Å². The Morgan fingerprint density at radius 3 is 2.11 bits per heavy atom. The van der Waals surface area contributed by atoms with E-state index in [1.807, 2.05) is 23.5 Å². The summed E-state index contributed by atoms with van der Waals surface area (Å²) in [6, 6.07) is 62.6. The van der Waals surface area contributed by atoms with E-state index in [4.69, 9.17) is 20.5 Å². The van der Waals surface area contributed by atoms with Gasteiger partial charge in [0.15, 0.2) is 0 Å². The molecule has 0 radical (unpaired) electrons. The van der Waals surface area contributed by atoms with Crippen molar-refractivity contribution in [3.05, 3.63) is 199 Å². The van der Waals surface area contributed by atoms with Crippen LogP contribution in [-0.4, -0.2) is 13.9 Å². The lowest BCUT2D eigenvalue weighted by molar-refractivity contribution is 0.669. The van der Waals surface area contributed by atoms with E-state index in [1.54, 1.807) is 0 Å². The largest absolute Gasteiger partial charge is 0.456 e. The van der Waals surface area contributed by atoms with Gasteiger partial charge >= 0.3 is 0 Å². The van der Waals surface area contributed by atoms with Crippen molar-refractivity contribution in [3.63, 3.8) is 0 Å². The van der Waals surface area contributed by atoms with E-state index >= 15 is 0 Å². The van der Waals surface area contributed by atoms with Crippen LogP contribution in [0.15, 0.2) is 192 Å². The van der Waals surface area contributed by atoms with Crippen molar-refractivity contribution in [2.24, 2.45) is 4.99 Å². The zero-order valence-corrected chi connectivity index (χ0v) is 33.8. The summed E-state index contributed by atoms with van der Waals surface area (Å²) in [5.74, 6) is 0. The van der Waals surface area contributed by atoms with E-state index in [9.17, 15) is 0 Å². The molecule has 2 aromatic heterocycles. The maximum Gasteiger partial charge on any atom is 0.136 e. The molecule has 0 amide bonds. The zero-order valence-electron chi connectivity index (χ0n) is 30.8. The Morgan fingerprint density at radius 1 is 0.554 bits per heavy atom. The van der Waals surface area contributed by atoms with Crippen LogP contribution in [0.5, 0.6) is 0 Å². The normalized spacial score (nSPS) is 12.9. The summed E-state index contributed by atoms with van der Waals surface area (Å²) in [5.41, 5.74) is 10.7. The van der Waals surface area contributed by atoms with Crippen molar-refractivity contribution in [1.29, 1.82) is 0 Å². The molecule has 10 aromatic rings. The summed E-state index contributed by atoms with van der Waals surface area (Å²) in [4.78, 5) is 5.65. The molecule has 0 saturated heterocycles. The third kappa shape index (κ3) is 5.97. The average Bonchev–Trinajstić information content (AvgIpc) is 3.83. The number of benzene rings is 8. The summed E-state index contributed by atoms with van der Waals surface area (Å²) in [5, 5.41) is 7.15. The first kappa shape index (κ1) is 34.4. The molecule has 2 heterocycles. The van der Waals surface area contributed by atoms with Gasteiger partial charge in [0.05, 0.1) is 3.63 Å². The fourth-order valence-electron chi connectivity index (χ4n) is 7.87. The zero-order chi connectivity index (χ0) is 37.8. The molecule has 0 saturated carbocycles. The first-order chi connectivity index (χ1) is 27.5. The van der Waals surface area contributed by atoms with E-state index in [1.165, 1.54) is 42.1 Å². The molecule has 8 aromatic carbocycles. The van der Waals surface area contributed by atoms with Gasteiger partial charge in [0.25, 0.3) is 0 Å². The first-order valence-electron chi connectivity index (χ1n) is 18.6. The predicted molar refractivity (Wildman–Crippen MR) is 254 cm³/mol. The average molecular weight is 850 g/mol. The maximum atomic E-state index is 6.43. The predicted octanol–water partition coefficient (Wildman–Crippen LogP) is 15.0. The number of furan rings is 1. The summed E-state index contributed by atoms with van der Waals surface area (Å²) in [6.45, 7) is 6.93. The molecule has 0 aliphatic carbocycles. The van der Waals surface area contributed by atoms with Gasteiger partial charge in [0.1, 0.15) is 11.2 Å². The Bertz CT molecular complexity index is 3300. The van der Waals surface area contributed by atoms with E-state index in [-0.39, 0.29) is 0 Å². The molecular weight excluding hydrogens is 814 g/mol. The second kappa shape index (κ2) is 14.2. The molecule has 268 valence electrons. The molecule has 4 heteroatoms. The smallest absolute Gasteiger partial charge is 0.136 e. The van der Waals surface area contributed by atoms with E-state index in [0.717, 1.165) is 62.7 Å². The van der Waals surface area contributed by atoms with Crippen molar-refractivity contribution < 1.29 is 4.42 Å². The number of hydrogen-bond acceptors (Lipinski definition) is 3. The topological polar surface area (TPSA) is 25.5 Å². The SMILES string of the molecule is C=C(c1ccccc1-c1ccccc1)I(=C)=C(N=C(C)c1cc(-c2cccc3c2sc2ccccc23)cc2ccccc12)c1ccc2c(c1)oc1ccccc12. The number of nitrogens with zero attached hydrogens (tertiary/aromatic N) is 1. The van der Waals surface area contributed by atoms with E-state index in [0.29, 0.717) is 0 Å². The van der Waals surface area contributed by atoms with Crippen LogP contribution in [0.25, 0.3) is 78.7 Å². The molecule has 0 atom stereocenters. The number of fused-ring (bicyclic) bond motifs is 7. The molecular formula is C52H36INOS. The minimum absolute atomic E-state index is 0.845. The fraction of sp³-hybridized carbons (Fsp3) is 0.0192. The Morgan fingerprint density at radius 2 is 1.23 bits per heavy atom. The summed E-state index contributed by atoms with van der Waals surface area (Å²) in [7, 11) is 0. The highest BCUT2D eigenvalue weighted by molar-refractivity contribution is 14.2. The van der Waals surface area contributed by atoms with Gasteiger partial charge in [-0.05, 0) is 81.9 Å². The monoisotopic (exact) mass is 849 g/mol. The molecule has 0 unspecified atom stereocenters. The third-order valence-corrected chi connectivity index (χ3v) is 16.1. The van der Waals surface area contributed by atoms with Gasteiger partial charge in [-0.3, -0.25) is 0 Å². The van der Waals surface area contributed by atoms with Gasteiger partial charge in [0, 0.05) is 51.4 Å². The lowest BCUT2D eigenvalue weighted by Crippen LogP contribution is -2.04. The Balaban J connectivity index is 1.18. The van der Waals surface area contributed by atoms with E-state index in [2.05, 4.69) is 171 Å². The lowest BCUT2D eigenvalue weighted by atomic mass is 9.94. The van der Waals surface area contributed by atoms with Crippen LogP contribution >= 0.6 is 30.2 Å². The molecule has 56 heavy (non-hydrogen) atoms. The van der Waals surface area contributed by atoms with Crippen LogP contribution in [0.1, 0.15) is 23.6 Å². The molecule has 0 spiro atoms. The van der Waals surface area contributed by atoms with E-state index < -0.39 is 18.9 Å². The molecule has 0 bridgehead atoms. The van der Waals surface area contributed by atoms with Gasteiger partial charge < -0.3 is 4.42 Å². The molecule has 0 fully saturated rings. The number of rotatable bonds is 7. The molecule has 0 aliphatic heterocycles. The summed E-state index contributed by atoms with van der Waals surface area (Å²) < 4.78 is 16.0. The highest BCUT2D eigenvalue weighted by atomic mass is 127.